The van der Waals surface area contributed by atoms with E-state index < -0.39 is 25.3 Å². The first-order chi connectivity index (χ1) is 20.9. The molecule has 3 aromatic carbocycles. The molecule has 10 nitrogen and oxygen atoms in total. The van der Waals surface area contributed by atoms with Crippen molar-refractivity contribution in [3.63, 3.8) is 0 Å². The Kier molecular flexibility index (Phi) is 7.98. The fraction of sp³-hybridized carbons (Fsp3) is 0.355. The summed E-state index contributed by atoms with van der Waals surface area (Å²) >= 11 is 6.25. The van der Waals surface area contributed by atoms with E-state index in [2.05, 4.69) is 0 Å². The molecule has 1 amide bonds. The van der Waals surface area contributed by atoms with E-state index in [1.54, 1.807) is 29.2 Å². The maximum Gasteiger partial charge on any atom is 0.243 e. The molecule has 0 saturated carbocycles. The van der Waals surface area contributed by atoms with Gasteiger partial charge in [0.05, 0.1) is 40.8 Å². The number of piperidine rings is 1. The van der Waals surface area contributed by atoms with Crippen LogP contribution in [0.2, 0.25) is 5.02 Å². The Bertz CT molecular complexity index is 1950. The van der Waals surface area contributed by atoms with Crippen LogP contribution in [0.4, 0.5) is 5.69 Å². The molecule has 1 aromatic heterocycles. The van der Waals surface area contributed by atoms with Gasteiger partial charge in [0.25, 0.3) is 0 Å². The minimum Gasteiger partial charge on any atom is -0.497 e. The minimum atomic E-state index is -3.75. The maximum atomic E-state index is 14.4. The lowest BCUT2D eigenvalue weighted by molar-refractivity contribution is -0.124. The Balaban J connectivity index is 1.29. The number of amides is 1. The third kappa shape index (κ3) is 5.48. The van der Waals surface area contributed by atoms with E-state index in [0.29, 0.717) is 47.9 Å². The van der Waals surface area contributed by atoms with Gasteiger partial charge in [0, 0.05) is 36.6 Å². The molecule has 4 aromatic rings. The number of methoxy groups -OCH3 is 1. The van der Waals surface area contributed by atoms with Gasteiger partial charge >= 0.3 is 0 Å². The van der Waals surface area contributed by atoms with Crippen molar-refractivity contribution in [1.82, 2.24) is 13.9 Å². The fourth-order valence-corrected chi connectivity index (χ4v) is 8.65. The third-order valence-electron chi connectivity index (χ3n) is 8.62. The molecule has 232 valence electrons. The molecule has 0 N–H and O–H groups in total. The molecule has 0 atom stereocenters. The van der Waals surface area contributed by atoms with E-state index >= 15 is 0 Å². The molecule has 1 spiro atoms. The van der Waals surface area contributed by atoms with Crippen LogP contribution in [0, 0.1) is 0 Å². The standard InChI is InChI=1S/C31H33ClN4O6S2/c1-42-23-9-11-24(12-10-23)44(40,41)34-17-14-31(15-18-34)25-6-3-4-7-27(25)36(30(31)37)21-29-33-26-20-22(32)8-13-28(26)35(29)16-5-19-43(2,38)39/h3-4,6-13,20H,5,14-19,21H2,1-2H3. The number of halogens is 1. The molecule has 0 unspecified atom stereocenters. The number of sulfonamides is 1. The molecule has 1 fully saturated rings. The number of aryl methyl sites for hydroxylation is 1. The highest BCUT2D eigenvalue weighted by atomic mass is 35.5. The second-order valence-electron chi connectivity index (χ2n) is 11.4. The third-order valence-corrected chi connectivity index (χ3v) is 11.8. The van der Waals surface area contributed by atoms with E-state index in [1.807, 2.05) is 34.9 Å². The Hall–Kier alpha value is -3.45. The summed E-state index contributed by atoms with van der Waals surface area (Å²) in [6, 6.07) is 19.3. The van der Waals surface area contributed by atoms with Crippen molar-refractivity contribution < 1.29 is 26.4 Å². The molecule has 0 bridgehead atoms. The van der Waals surface area contributed by atoms with Crippen molar-refractivity contribution in [2.75, 3.05) is 37.1 Å². The van der Waals surface area contributed by atoms with Crippen molar-refractivity contribution >= 4 is 54.1 Å². The van der Waals surface area contributed by atoms with Crippen LogP contribution < -0.4 is 9.64 Å². The summed E-state index contributed by atoms with van der Waals surface area (Å²) in [6.07, 6.45) is 2.30. The van der Waals surface area contributed by atoms with Crippen LogP contribution in [0.1, 0.15) is 30.7 Å². The number of sulfone groups is 1. The van der Waals surface area contributed by atoms with Gasteiger partial charge in [0.2, 0.25) is 15.9 Å². The summed E-state index contributed by atoms with van der Waals surface area (Å²) < 4.78 is 59.1. The lowest BCUT2D eigenvalue weighted by Gasteiger charge is -2.37. The summed E-state index contributed by atoms with van der Waals surface area (Å²) in [5, 5.41) is 0.530. The largest absolute Gasteiger partial charge is 0.497 e. The first-order valence-corrected chi connectivity index (χ1v) is 18.2. The van der Waals surface area contributed by atoms with Gasteiger partial charge in [-0.3, -0.25) is 4.79 Å². The number of carbonyl (C=O) groups is 1. The number of rotatable bonds is 9. The average Bonchev–Trinajstić information content (AvgIpc) is 3.44. The quantitative estimate of drug-likeness (QED) is 0.262. The second kappa shape index (κ2) is 11.5. The lowest BCUT2D eigenvalue weighted by Crippen LogP contribution is -2.50. The number of benzene rings is 3. The highest BCUT2D eigenvalue weighted by Crippen LogP contribution is 2.49. The van der Waals surface area contributed by atoms with Gasteiger partial charge in [0.15, 0.2) is 0 Å². The van der Waals surface area contributed by atoms with Crippen LogP contribution in [-0.4, -0.2) is 68.8 Å². The number of aromatic nitrogens is 2. The molecule has 2 aliphatic rings. The Morgan fingerprint density at radius 3 is 2.36 bits per heavy atom. The molecule has 0 aliphatic carbocycles. The minimum absolute atomic E-state index is 0.0320. The predicted molar refractivity (Wildman–Crippen MR) is 169 cm³/mol. The summed E-state index contributed by atoms with van der Waals surface area (Å²) in [5.74, 6) is 1.13. The smallest absolute Gasteiger partial charge is 0.243 e. The monoisotopic (exact) mass is 656 g/mol. The van der Waals surface area contributed by atoms with Crippen LogP contribution >= 0.6 is 11.6 Å². The van der Waals surface area contributed by atoms with E-state index in [9.17, 15) is 21.6 Å². The van der Waals surface area contributed by atoms with Crippen molar-refractivity contribution in [3.8, 4) is 5.75 Å². The summed E-state index contributed by atoms with van der Waals surface area (Å²) in [4.78, 5) is 21.1. The SMILES string of the molecule is COc1ccc(S(=O)(=O)N2CCC3(CC2)C(=O)N(Cc2nc4cc(Cl)ccc4n2CCCS(C)(=O)=O)c2ccccc23)cc1. The van der Waals surface area contributed by atoms with Crippen molar-refractivity contribution in [1.29, 1.82) is 0 Å². The lowest BCUT2D eigenvalue weighted by atomic mass is 9.74. The fourth-order valence-electron chi connectivity index (χ4n) is 6.39. The molecule has 0 radical (unpaired) electrons. The predicted octanol–water partition coefficient (Wildman–Crippen LogP) is 4.40. The molecule has 2 aliphatic heterocycles. The van der Waals surface area contributed by atoms with E-state index in [4.69, 9.17) is 21.3 Å². The summed E-state index contributed by atoms with van der Waals surface area (Å²) in [7, 11) is -5.37. The van der Waals surface area contributed by atoms with Gasteiger partial charge in [-0.05, 0) is 73.4 Å². The van der Waals surface area contributed by atoms with Gasteiger partial charge in [-0.25, -0.2) is 21.8 Å². The van der Waals surface area contributed by atoms with E-state index in [-0.39, 0.29) is 36.2 Å². The topological polar surface area (TPSA) is 119 Å². The average molecular weight is 657 g/mol. The molecule has 6 rings (SSSR count). The van der Waals surface area contributed by atoms with E-state index in [1.165, 1.54) is 29.8 Å². The molecular weight excluding hydrogens is 624 g/mol. The first-order valence-electron chi connectivity index (χ1n) is 14.3. The number of fused-ring (bicyclic) bond motifs is 3. The van der Waals surface area contributed by atoms with Crippen LogP contribution in [0.25, 0.3) is 11.0 Å². The number of ether oxygens (including phenoxy) is 1. The zero-order chi connectivity index (χ0) is 31.3. The molecule has 3 heterocycles. The molecule has 1 saturated heterocycles. The number of anilines is 1. The van der Waals surface area contributed by atoms with Gasteiger partial charge in [-0.2, -0.15) is 4.31 Å². The number of nitrogens with zero attached hydrogens (tertiary/aromatic N) is 4. The van der Waals surface area contributed by atoms with Crippen molar-refractivity contribution in [2.24, 2.45) is 0 Å². The van der Waals surface area contributed by atoms with Gasteiger partial charge in [-0.15, -0.1) is 0 Å². The van der Waals surface area contributed by atoms with Gasteiger partial charge in [-0.1, -0.05) is 29.8 Å². The van der Waals surface area contributed by atoms with Gasteiger partial charge in [0.1, 0.15) is 21.4 Å². The van der Waals surface area contributed by atoms with E-state index in [0.717, 1.165) is 16.8 Å². The second-order valence-corrected chi connectivity index (χ2v) is 16.0. The Labute approximate surface area is 262 Å². The number of para-hydroxylation sites is 1. The Morgan fingerprint density at radius 1 is 0.977 bits per heavy atom. The van der Waals surface area contributed by atoms with Crippen LogP contribution in [0.5, 0.6) is 5.75 Å². The normalized spacial score (nSPS) is 17.0. The highest BCUT2D eigenvalue weighted by molar-refractivity contribution is 7.90. The van der Waals surface area contributed by atoms with Gasteiger partial charge < -0.3 is 14.2 Å². The number of imidazole rings is 1. The van der Waals surface area contributed by atoms with Crippen LogP contribution in [0.15, 0.2) is 71.6 Å². The zero-order valence-corrected chi connectivity index (χ0v) is 26.8. The first kappa shape index (κ1) is 30.6. The number of hydrogen-bond donors (Lipinski definition) is 0. The Morgan fingerprint density at radius 2 is 1.68 bits per heavy atom. The number of carbonyl (C=O) groups excluding carboxylic acids is 1. The zero-order valence-electron chi connectivity index (χ0n) is 24.4. The summed E-state index contributed by atoms with van der Waals surface area (Å²) in [5.41, 5.74) is 2.27. The van der Waals surface area contributed by atoms with Crippen molar-refractivity contribution in [2.45, 2.75) is 42.7 Å². The van der Waals surface area contributed by atoms with Crippen LogP contribution in [0.3, 0.4) is 0 Å². The molecule has 44 heavy (non-hydrogen) atoms. The number of hydrogen-bond acceptors (Lipinski definition) is 7. The summed E-state index contributed by atoms with van der Waals surface area (Å²) in [6.45, 7) is 0.986. The highest BCUT2D eigenvalue weighted by Gasteiger charge is 2.53. The van der Waals surface area contributed by atoms with Crippen LogP contribution in [-0.2, 0) is 43.2 Å². The van der Waals surface area contributed by atoms with Crippen molar-refractivity contribution in [3.05, 3.63) is 83.1 Å². The maximum absolute atomic E-state index is 14.4. The molecule has 13 heteroatoms. The molecular formula is C31H33ClN4O6S2.